The highest BCUT2D eigenvalue weighted by Gasteiger charge is 2.46. The summed E-state index contributed by atoms with van der Waals surface area (Å²) in [6.45, 7) is 5.24. The lowest BCUT2D eigenvalue weighted by Gasteiger charge is -2.42. The Morgan fingerprint density at radius 3 is 2.81 bits per heavy atom. The van der Waals surface area contributed by atoms with E-state index < -0.39 is 5.41 Å². The minimum absolute atomic E-state index is 0.0261. The Labute approximate surface area is 183 Å². The highest BCUT2D eigenvalue weighted by molar-refractivity contribution is 6.01. The highest BCUT2D eigenvalue weighted by atomic mass is 19.1. The molecule has 2 aliphatic rings. The third kappa shape index (κ3) is 5.61. The number of nitrogens with one attached hydrogen (secondary N) is 1. The number of likely N-dealkylation sites (N-methyl/N-ethyl adjacent to an activating group) is 1. The number of carbonyl (C=O) groups is 2. The molecule has 3 atom stereocenters. The van der Waals surface area contributed by atoms with Crippen molar-refractivity contribution in [2.75, 3.05) is 33.7 Å². The lowest BCUT2D eigenvalue weighted by molar-refractivity contribution is -0.143. The van der Waals surface area contributed by atoms with E-state index in [2.05, 4.69) is 10.5 Å². The number of carbonyl (C=O) groups excluding carboxylic acids is 2. The summed E-state index contributed by atoms with van der Waals surface area (Å²) in [7, 11) is 3.93. The molecule has 0 spiro atoms. The van der Waals surface area contributed by atoms with Crippen molar-refractivity contribution in [3.8, 4) is 0 Å². The van der Waals surface area contributed by atoms with E-state index in [1.54, 1.807) is 23.1 Å². The van der Waals surface area contributed by atoms with Crippen LogP contribution < -0.4 is 5.32 Å². The third-order valence-corrected chi connectivity index (χ3v) is 6.06. The predicted molar refractivity (Wildman–Crippen MR) is 117 cm³/mol. The maximum Gasteiger partial charge on any atom is 0.228 e. The molecule has 1 fully saturated rings. The van der Waals surface area contributed by atoms with Crippen molar-refractivity contribution in [1.82, 2.24) is 15.1 Å². The van der Waals surface area contributed by atoms with Crippen molar-refractivity contribution in [2.45, 2.75) is 51.7 Å². The van der Waals surface area contributed by atoms with Gasteiger partial charge in [-0.25, -0.2) is 4.39 Å². The normalized spacial score (nSPS) is 24.5. The third-order valence-electron chi connectivity index (χ3n) is 6.06. The van der Waals surface area contributed by atoms with E-state index >= 15 is 0 Å². The average molecular weight is 433 g/mol. The molecular weight excluding hydrogens is 399 g/mol. The van der Waals surface area contributed by atoms with Gasteiger partial charge in [-0.05, 0) is 39.9 Å². The van der Waals surface area contributed by atoms with Crippen molar-refractivity contribution >= 4 is 17.5 Å². The Kier molecular flexibility index (Phi) is 7.30. The molecule has 7 nitrogen and oxygen atoms in total. The second-order valence-corrected chi connectivity index (χ2v) is 9.11. The molecule has 0 aliphatic carbocycles. The molecule has 1 saturated heterocycles. The molecule has 31 heavy (non-hydrogen) atoms. The van der Waals surface area contributed by atoms with Gasteiger partial charge in [-0.3, -0.25) is 9.59 Å². The van der Waals surface area contributed by atoms with Crippen LogP contribution in [0, 0.1) is 11.2 Å². The molecule has 3 unspecified atom stereocenters. The van der Waals surface area contributed by atoms with Crippen LogP contribution in [0.1, 0.15) is 45.1 Å². The number of oxime groups is 1. The Morgan fingerprint density at radius 1 is 1.39 bits per heavy atom. The van der Waals surface area contributed by atoms with Crippen LogP contribution in [0.4, 0.5) is 4.39 Å². The summed E-state index contributed by atoms with van der Waals surface area (Å²) in [6, 6.07) is 6.46. The van der Waals surface area contributed by atoms with Gasteiger partial charge >= 0.3 is 0 Å². The second-order valence-electron chi connectivity index (χ2n) is 9.11. The zero-order valence-corrected chi connectivity index (χ0v) is 18.9. The Hall–Kier alpha value is -2.48. The predicted octanol–water partition coefficient (Wildman–Crippen LogP) is 2.40. The fraction of sp³-hybridized carbons (Fsp3) is 0.609. The van der Waals surface area contributed by atoms with E-state index in [9.17, 15) is 14.0 Å². The number of hydrogen-bond donors (Lipinski definition) is 1. The number of amides is 2. The quantitative estimate of drug-likeness (QED) is 0.718. The molecule has 0 saturated carbocycles. The summed E-state index contributed by atoms with van der Waals surface area (Å²) in [5.74, 6) is -0.430. The van der Waals surface area contributed by atoms with E-state index in [1.165, 1.54) is 13.0 Å². The number of benzene rings is 1. The molecule has 170 valence electrons. The summed E-state index contributed by atoms with van der Waals surface area (Å²) < 4.78 is 14.2. The number of halogens is 1. The molecule has 2 heterocycles. The largest absolute Gasteiger partial charge is 0.392 e. The van der Waals surface area contributed by atoms with Crippen molar-refractivity contribution in [3.05, 3.63) is 35.6 Å². The number of rotatable bonds is 7. The van der Waals surface area contributed by atoms with Crippen LogP contribution in [0.2, 0.25) is 0 Å². The van der Waals surface area contributed by atoms with Crippen LogP contribution in [0.3, 0.4) is 0 Å². The fourth-order valence-electron chi connectivity index (χ4n) is 4.64. The minimum Gasteiger partial charge on any atom is -0.392 e. The first-order valence-electron chi connectivity index (χ1n) is 10.9. The van der Waals surface area contributed by atoms with Crippen LogP contribution in [0.5, 0.6) is 0 Å². The second kappa shape index (κ2) is 9.77. The van der Waals surface area contributed by atoms with Gasteiger partial charge in [0.15, 0.2) is 0 Å². The van der Waals surface area contributed by atoms with E-state index in [0.29, 0.717) is 43.6 Å². The maximum atomic E-state index is 14.2. The lowest BCUT2D eigenvalue weighted by Crippen LogP contribution is -2.56. The van der Waals surface area contributed by atoms with E-state index in [4.69, 9.17) is 4.84 Å². The molecule has 1 aromatic rings. The average Bonchev–Trinajstić information content (AvgIpc) is 3.15. The first kappa shape index (κ1) is 23.2. The number of hydrogen-bond acceptors (Lipinski definition) is 5. The summed E-state index contributed by atoms with van der Waals surface area (Å²) in [6.07, 6.45) is 1.95. The van der Waals surface area contributed by atoms with Crippen LogP contribution in [0.25, 0.3) is 0 Å². The zero-order chi connectivity index (χ0) is 22.6. The summed E-state index contributed by atoms with van der Waals surface area (Å²) in [5, 5.41) is 7.25. The van der Waals surface area contributed by atoms with Gasteiger partial charge in [0, 0.05) is 51.0 Å². The first-order valence-corrected chi connectivity index (χ1v) is 10.9. The standard InChI is InChI=1S/C23H33FN4O3/c1-16(14-27(3)4)25-22(30)23(10-7-11-28(15-23)17(2)29)13-18-12-21(26-31-18)19-8-5-6-9-20(19)24/h5-6,8-9,16,18H,7,10-15H2,1-4H3,(H,25,30). The Morgan fingerprint density at radius 2 is 2.13 bits per heavy atom. The van der Waals surface area contributed by atoms with E-state index in [-0.39, 0.29) is 29.8 Å². The molecule has 1 N–H and O–H groups in total. The minimum atomic E-state index is -0.755. The van der Waals surface area contributed by atoms with Crippen molar-refractivity contribution < 1.29 is 18.8 Å². The Balaban J connectivity index is 1.75. The van der Waals surface area contributed by atoms with Crippen molar-refractivity contribution in [2.24, 2.45) is 10.6 Å². The van der Waals surface area contributed by atoms with Crippen LogP contribution in [-0.2, 0) is 14.4 Å². The molecule has 0 radical (unpaired) electrons. The number of nitrogens with zero attached hydrogens (tertiary/aromatic N) is 3. The van der Waals surface area contributed by atoms with Gasteiger partial charge in [-0.15, -0.1) is 0 Å². The monoisotopic (exact) mass is 432 g/mol. The van der Waals surface area contributed by atoms with Crippen LogP contribution in [0.15, 0.2) is 29.4 Å². The van der Waals surface area contributed by atoms with Crippen molar-refractivity contribution in [1.29, 1.82) is 0 Å². The lowest BCUT2D eigenvalue weighted by atomic mass is 9.73. The van der Waals surface area contributed by atoms with Crippen molar-refractivity contribution in [3.63, 3.8) is 0 Å². The first-order chi connectivity index (χ1) is 14.7. The van der Waals surface area contributed by atoms with Gasteiger partial charge in [0.1, 0.15) is 11.9 Å². The van der Waals surface area contributed by atoms with Crippen LogP contribution >= 0.6 is 0 Å². The van der Waals surface area contributed by atoms with E-state index in [0.717, 1.165) is 13.0 Å². The number of likely N-dealkylation sites (tertiary alicyclic amines) is 1. The summed E-state index contributed by atoms with van der Waals surface area (Å²) >= 11 is 0. The highest BCUT2D eigenvalue weighted by Crippen LogP contribution is 2.38. The van der Waals surface area contributed by atoms with Gasteiger partial charge < -0.3 is 20.0 Å². The zero-order valence-electron chi connectivity index (χ0n) is 18.9. The fourth-order valence-corrected chi connectivity index (χ4v) is 4.64. The molecule has 2 aliphatic heterocycles. The van der Waals surface area contributed by atoms with Gasteiger partial charge in [-0.1, -0.05) is 23.4 Å². The maximum absolute atomic E-state index is 14.2. The van der Waals surface area contributed by atoms with Gasteiger partial charge in [-0.2, -0.15) is 0 Å². The topological polar surface area (TPSA) is 74.2 Å². The summed E-state index contributed by atoms with van der Waals surface area (Å²) in [4.78, 5) is 34.9. The molecule has 1 aromatic carbocycles. The van der Waals surface area contributed by atoms with Gasteiger partial charge in [0.25, 0.3) is 0 Å². The van der Waals surface area contributed by atoms with Gasteiger partial charge in [0.05, 0.1) is 11.1 Å². The molecule has 2 amide bonds. The Bertz CT molecular complexity index is 844. The molecule has 3 rings (SSSR count). The molecule has 8 heteroatoms. The molecule has 0 bridgehead atoms. The SMILES string of the molecule is CC(=O)N1CCCC(CC2CC(c3ccccc3F)=NO2)(C(=O)NC(C)CN(C)C)C1. The van der Waals surface area contributed by atoms with Gasteiger partial charge in [0.2, 0.25) is 11.8 Å². The smallest absolute Gasteiger partial charge is 0.228 e. The van der Waals surface area contributed by atoms with E-state index in [1.807, 2.05) is 25.9 Å². The number of piperidine rings is 1. The van der Waals surface area contributed by atoms with Crippen LogP contribution in [-0.4, -0.2) is 73.2 Å². The summed E-state index contributed by atoms with van der Waals surface area (Å²) in [5.41, 5.74) is 0.228. The molecular formula is C23H33FN4O3. The molecule has 0 aromatic heterocycles.